The van der Waals surface area contributed by atoms with Gasteiger partial charge in [-0.05, 0) is 50.6 Å². The van der Waals surface area contributed by atoms with Crippen LogP contribution in [0.3, 0.4) is 0 Å². The van der Waals surface area contributed by atoms with Gasteiger partial charge in [0.25, 0.3) is 11.8 Å². The number of methoxy groups -OCH3 is 1. The van der Waals surface area contributed by atoms with Crippen LogP contribution < -0.4 is 30.9 Å². The number of anilines is 5. The van der Waals surface area contributed by atoms with E-state index in [0.29, 0.717) is 66.8 Å². The van der Waals surface area contributed by atoms with Crippen molar-refractivity contribution in [2.24, 2.45) is 7.05 Å². The van der Waals surface area contributed by atoms with Gasteiger partial charge in [-0.1, -0.05) is 30.8 Å². The summed E-state index contributed by atoms with van der Waals surface area (Å²) in [6, 6.07) is 14.7. The number of aromatic nitrogens is 3. The highest BCUT2D eigenvalue weighted by molar-refractivity contribution is 6.26. The molecule has 5 aromatic rings. The van der Waals surface area contributed by atoms with E-state index in [0.717, 1.165) is 15.8 Å². The smallest absolute Gasteiger partial charge is 0.342 e. The third kappa shape index (κ3) is 8.92. The Labute approximate surface area is 379 Å². The van der Waals surface area contributed by atoms with E-state index in [4.69, 9.17) is 14.5 Å². The van der Waals surface area contributed by atoms with Crippen molar-refractivity contribution in [1.29, 1.82) is 0 Å². The second-order valence-corrected chi connectivity index (χ2v) is 16.3. The number of aryl methyl sites for hydroxylation is 1. The lowest BCUT2D eigenvalue weighted by atomic mass is 10.0. The number of para-hydroxylation sites is 1. The van der Waals surface area contributed by atoms with Crippen LogP contribution in [0.15, 0.2) is 79.6 Å². The number of hydrogen-bond acceptors (Lipinski definition) is 14. The molecule has 3 aliphatic rings. The van der Waals surface area contributed by atoms with E-state index in [-0.39, 0.29) is 59.6 Å². The van der Waals surface area contributed by atoms with Gasteiger partial charge >= 0.3 is 5.97 Å². The Balaban J connectivity index is 0.961. The molecule has 0 spiro atoms. The van der Waals surface area contributed by atoms with E-state index in [9.17, 15) is 33.6 Å². The lowest BCUT2D eigenvalue weighted by Gasteiger charge is -2.37. The Morgan fingerprint density at radius 1 is 0.939 bits per heavy atom. The molecule has 5 heterocycles. The topological polar surface area (TPSA) is 226 Å². The summed E-state index contributed by atoms with van der Waals surface area (Å²) in [5.41, 5.74) is 4.04. The molecule has 2 aromatic heterocycles. The molecule has 3 aromatic carbocycles. The van der Waals surface area contributed by atoms with Gasteiger partial charge in [-0.15, -0.1) is 0 Å². The molecule has 66 heavy (non-hydrogen) atoms. The first-order valence-corrected chi connectivity index (χ1v) is 21.4. The summed E-state index contributed by atoms with van der Waals surface area (Å²) in [5, 5.41) is 12.0. The van der Waals surface area contributed by atoms with Crippen LogP contribution in [0.2, 0.25) is 0 Å². The maximum absolute atomic E-state index is 13.5. The van der Waals surface area contributed by atoms with Crippen molar-refractivity contribution in [3.8, 4) is 17.0 Å². The predicted molar refractivity (Wildman–Crippen MR) is 245 cm³/mol. The highest BCUT2D eigenvalue weighted by Gasteiger charge is 2.45. The molecule has 0 saturated carbocycles. The summed E-state index contributed by atoms with van der Waals surface area (Å²) < 4.78 is 13.4. The molecule has 0 bridgehead atoms. The number of esters is 1. The molecular weight excluding hydrogens is 849 g/mol. The molecule has 4 N–H and O–H groups in total. The minimum Gasteiger partial charge on any atom is -0.494 e. The highest BCUT2D eigenvalue weighted by atomic mass is 16.5. The van der Waals surface area contributed by atoms with Crippen molar-refractivity contribution in [3.05, 3.63) is 96.3 Å². The van der Waals surface area contributed by atoms with Crippen molar-refractivity contribution >= 4 is 81.0 Å². The number of benzene rings is 3. The molecule has 8 rings (SSSR count). The molecule has 3 aliphatic heterocycles. The summed E-state index contributed by atoms with van der Waals surface area (Å²) >= 11 is 0. The number of piperidine rings is 1. The largest absolute Gasteiger partial charge is 0.494 e. The number of imide groups is 2. The second-order valence-electron chi connectivity index (χ2n) is 16.3. The second kappa shape index (κ2) is 18.7. The van der Waals surface area contributed by atoms with Crippen LogP contribution in [0.5, 0.6) is 5.75 Å². The summed E-state index contributed by atoms with van der Waals surface area (Å²) in [7, 11) is 3.44. The third-order valence-corrected chi connectivity index (χ3v) is 11.6. The van der Waals surface area contributed by atoms with Gasteiger partial charge in [-0.3, -0.25) is 43.9 Å². The van der Waals surface area contributed by atoms with E-state index >= 15 is 0 Å². The average Bonchev–Trinajstić information content (AvgIpc) is 3.77. The SMILES string of the molecule is C=CC(=O)Nc1cc(Nc2ncc(C(=O)OC(C)C)c(-c3cn(C)c4ccccc34)n2)c(OC)cc1N1CCN(CCC(=O)Nc2cccc3c2C(=O)N(C2CCC(=O)NC2=O)C3=O)CC1. The predicted octanol–water partition coefficient (Wildman–Crippen LogP) is 4.63. The monoisotopic (exact) mass is 896 g/mol. The highest BCUT2D eigenvalue weighted by Crippen LogP contribution is 2.40. The van der Waals surface area contributed by atoms with E-state index in [1.807, 2.05) is 42.1 Å². The van der Waals surface area contributed by atoms with Crippen LogP contribution in [0.4, 0.5) is 28.7 Å². The molecule has 0 aliphatic carbocycles. The van der Waals surface area contributed by atoms with Crippen molar-refractivity contribution in [2.75, 3.05) is 60.7 Å². The van der Waals surface area contributed by atoms with Crippen molar-refractivity contribution in [3.63, 3.8) is 0 Å². The molecule has 2 fully saturated rings. The Kier molecular flexibility index (Phi) is 12.6. The van der Waals surface area contributed by atoms with Gasteiger partial charge in [0.05, 0.1) is 52.8 Å². The number of rotatable bonds is 14. The molecule has 6 amide bonds. The molecule has 1 atom stereocenters. The normalized spacial score (nSPS) is 16.3. The fourth-order valence-electron chi connectivity index (χ4n) is 8.41. The van der Waals surface area contributed by atoms with Gasteiger partial charge in [0.2, 0.25) is 29.6 Å². The van der Waals surface area contributed by atoms with Crippen LogP contribution in [-0.4, -0.2) is 118 Å². The first-order valence-electron chi connectivity index (χ1n) is 21.4. The van der Waals surface area contributed by atoms with Crippen LogP contribution in [0, 0.1) is 0 Å². The van der Waals surface area contributed by atoms with Gasteiger partial charge < -0.3 is 34.9 Å². The number of nitrogens with zero attached hydrogens (tertiary/aromatic N) is 6. The summed E-state index contributed by atoms with van der Waals surface area (Å²) in [5.74, 6) is -3.34. The zero-order chi connectivity index (χ0) is 46.8. The Hall–Kier alpha value is -7.93. The Bertz CT molecular complexity index is 2830. The van der Waals surface area contributed by atoms with Gasteiger partial charge in [0.15, 0.2) is 0 Å². The zero-order valence-electron chi connectivity index (χ0n) is 36.8. The van der Waals surface area contributed by atoms with Crippen LogP contribution in [0.1, 0.15) is 64.2 Å². The quantitative estimate of drug-likeness (QED) is 0.0678. The average molecular weight is 897 g/mol. The first kappa shape index (κ1) is 44.7. The summed E-state index contributed by atoms with van der Waals surface area (Å²) in [6.07, 6.45) is 4.23. The third-order valence-electron chi connectivity index (χ3n) is 11.6. The van der Waals surface area contributed by atoms with Gasteiger partial charge in [-0.2, -0.15) is 0 Å². The number of amides is 6. The summed E-state index contributed by atoms with van der Waals surface area (Å²) in [6.45, 7) is 9.74. The van der Waals surface area contributed by atoms with Crippen molar-refractivity contribution in [1.82, 2.24) is 29.7 Å². The van der Waals surface area contributed by atoms with Crippen LogP contribution in [-0.2, 0) is 31.0 Å². The Morgan fingerprint density at radius 2 is 1.71 bits per heavy atom. The molecule has 340 valence electrons. The van der Waals surface area contributed by atoms with Crippen LogP contribution >= 0.6 is 0 Å². The van der Waals surface area contributed by atoms with Crippen molar-refractivity contribution < 1.29 is 43.0 Å². The van der Waals surface area contributed by atoms with Gasteiger partial charge in [0.1, 0.15) is 17.4 Å². The molecular formula is C47H48N10O9. The lowest BCUT2D eigenvalue weighted by molar-refractivity contribution is -0.136. The van der Waals surface area contributed by atoms with Crippen molar-refractivity contribution in [2.45, 2.75) is 45.3 Å². The number of piperazine rings is 1. The molecule has 1 unspecified atom stereocenters. The van der Waals surface area contributed by atoms with Gasteiger partial charge in [0, 0.05) is 87.5 Å². The maximum atomic E-state index is 13.5. The summed E-state index contributed by atoms with van der Waals surface area (Å²) in [4.78, 5) is 105. The number of carbonyl (C=O) groups is 7. The zero-order valence-corrected chi connectivity index (χ0v) is 36.8. The fourth-order valence-corrected chi connectivity index (χ4v) is 8.41. The number of fused-ring (bicyclic) bond motifs is 2. The van der Waals surface area contributed by atoms with E-state index in [2.05, 4.69) is 42.6 Å². The molecule has 19 nitrogen and oxygen atoms in total. The lowest BCUT2D eigenvalue weighted by Crippen LogP contribution is -2.54. The maximum Gasteiger partial charge on any atom is 0.342 e. The number of ether oxygens (including phenoxy) is 2. The van der Waals surface area contributed by atoms with Gasteiger partial charge in [-0.25, -0.2) is 14.8 Å². The standard InChI is InChI=1S/C47H48N10O9/c1-6-38(58)50-32-22-33(51-47-48-24-29(46(64)66-26(2)3)42(53-47)30-25-54(4)34-13-8-7-10-27(30)34)37(65-5)23-36(32)56-20-18-55(19-21-56)17-16-40(60)49-31-12-9-11-28-41(31)45(63)57(44(28)62)35-14-15-39(59)52-43(35)61/h6-13,22-26,35H,1,14-21H2,2-5H3,(H,49,60)(H,50,58)(H,48,51,53)(H,52,59,61). The minimum absolute atomic E-state index is 0.00458. The number of hydrogen-bond donors (Lipinski definition) is 4. The molecule has 0 radical (unpaired) electrons. The first-order chi connectivity index (χ1) is 31.7. The van der Waals surface area contributed by atoms with Crippen LogP contribution in [0.25, 0.3) is 22.2 Å². The number of carbonyl (C=O) groups excluding carboxylic acids is 7. The fraction of sp³-hybridized carbons (Fsp3) is 0.298. The minimum atomic E-state index is -1.13. The molecule has 19 heteroatoms. The van der Waals surface area contributed by atoms with E-state index in [1.54, 1.807) is 32.0 Å². The number of nitrogens with one attached hydrogen (secondary N) is 4. The Morgan fingerprint density at radius 3 is 2.44 bits per heavy atom. The van der Waals surface area contributed by atoms with E-state index in [1.165, 1.54) is 31.5 Å². The van der Waals surface area contributed by atoms with E-state index < -0.39 is 41.5 Å². The molecule has 2 saturated heterocycles.